The van der Waals surface area contributed by atoms with Crippen LogP contribution in [-0.4, -0.2) is 6.54 Å². The Labute approximate surface area is 92.7 Å². The Kier molecular flexibility index (Phi) is 2.82. The van der Waals surface area contributed by atoms with Gasteiger partial charge in [0, 0.05) is 18.2 Å². The van der Waals surface area contributed by atoms with Crippen LogP contribution in [0.15, 0.2) is 18.2 Å². The van der Waals surface area contributed by atoms with Gasteiger partial charge in [-0.1, -0.05) is 25.5 Å². The normalized spacial score (nSPS) is 19.4. The second-order valence-corrected chi connectivity index (χ2v) is 4.13. The van der Waals surface area contributed by atoms with Crippen molar-refractivity contribution in [2.45, 2.75) is 31.9 Å². The lowest BCUT2D eigenvalue weighted by molar-refractivity contribution is -0.136. The first-order valence-corrected chi connectivity index (χ1v) is 5.48. The second-order valence-electron chi connectivity index (χ2n) is 4.13. The van der Waals surface area contributed by atoms with E-state index in [1.807, 2.05) is 6.92 Å². The van der Waals surface area contributed by atoms with Crippen LogP contribution in [0.2, 0.25) is 0 Å². The Balaban J connectivity index is 2.40. The first-order chi connectivity index (χ1) is 7.54. The topological polar surface area (TPSA) is 12.0 Å². The van der Waals surface area contributed by atoms with Crippen molar-refractivity contribution >= 4 is 5.69 Å². The predicted molar refractivity (Wildman–Crippen MR) is 57.6 cm³/mol. The van der Waals surface area contributed by atoms with Gasteiger partial charge in [-0.15, -0.1) is 0 Å². The van der Waals surface area contributed by atoms with E-state index >= 15 is 0 Å². The monoisotopic (exact) mass is 229 g/mol. The van der Waals surface area contributed by atoms with Crippen LogP contribution in [0.25, 0.3) is 0 Å². The van der Waals surface area contributed by atoms with Gasteiger partial charge in [-0.25, -0.2) is 0 Å². The molecule has 1 aliphatic rings. The highest BCUT2D eigenvalue weighted by atomic mass is 19.4. The van der Waals surface area contributed by atoms with Crippen molar-refractivity contribution in [2.75, 3.05) is 11.9 Å². The van der Waals surface area contributed by atoms with Gasteiger partial charge in [-0.3, -0.25) is 0 Å². The number of fused-ring (bicyclic) bond motifs is 1. The molecule has 1 nitrogen and oxygen atoms in total. The smallest absolute Gasteiger partial charge is 0.384 e. The second kappa shape index (κ2) is 4.00. The predicted octanol–water partition coefficient (Wildman–Crippen LogP) is 4.01. The third-order valence-electron chi connectivity index (χ3n) is 3.00. The molecular formula is C12H14F3N. The van der Waals surface area contributed by atoms with Gasteiger partial charge < -0.3 is 5.32 Å². The average Bonchev–Trinajstić information content (AvgIpc) is 2.61. The summed E-state index contributed by atoms with van der Waals surface area (Å²) in [5, 5.41) is 2.89. The number of halogens is 3. The standard InChI is InChI=1S/C12H14F3N/c1-2-4-8-7-16-11-9(8)5-3-6-10(11)12(13,14)15/h3,5-6,8,16H,2,4,7H2,1H3. The zero-order valence-electron chi connectivity index (χ0n) is 9.06. The summed E-state index contributed by atoms with van der Waals surface area (Å²) in [4.78, 5) is 0. The molecule has 0 fully saturated rings. The molecule has 0 amide bonds. The van der Waals surface area contributed by atoms with E-state index in [1.54, 1.807) is 6.07 Å². The molecule has 1 aromatic carbocycles. The van der Waals surface area contributed by atoms with E-state index in [0.717, 1.165) is 24.5 Å². The molecule has 2 rings (SSSR count). The van der Waals surface area contributed by atoms with E-state index < -0.39 is 11.7 Å². The van der Waals surface area contributed by atoms with E-state index in [1.165, 1.54) is 6.07 Å². The third kappa shape index (κ3) is 1.88. The maximum atomic E-state index is 12.7. The number of hydrogen-bond donors (Lipinski definition) is 1. The number of rotatable bonds is 2. The third-order valence-corrected chi connectivity index (χ3v) is 3.00. The van der Waals surface area contributed by atoms with Crippen molar-refractivity contribution in [2.24, 2.45) is 0 Å². The molecule has 0 aliphatic carbocycles. The Morgan fingerprint density at radius 3 is 2.75 bits per heavy atom. The van der Waals surface area contributed by atoms with Crippen LogP contribution < -0.4 is 5.32 Å². The maximum absolute atomic E-state index is 12.7. The molecule has 1 N–H and O–H groups in total. The first-order valence-electron chi connectivity index (χ1n) is 5.48. The molecule has 1 aliphatic heterocycles. The van der Waals surface area contributed by atoms with Crippen LogP contribution in [0.5, 0.6) is 0 Å². The minimum absolute atomic E-state index is 0.224. The van der Waals surface area contributed by atoms with Gasteiger partial charge >= 0.3 is 6.18 Å². The van der Waals surface area contributed by atoms with Gasteiger partial charge in [0.2, 0.25) is 0 Å². The summed E-state index contributed by atoms with van der Waals surface area (Å²) >= 11 is 0. The molecule has 0 saturated carbocycles. The SMILES string of the molecule is CCCC1CNc2c1cccc2C(F)(F)F. The number of anilines is 1. The number of hydrogen-bond acceptors (Lipinski definition) is 1. The van der Waals surface area contributed by atoms with E-state index in [9.17, 15) is 13.2 Å². The molecule has 0 aromatic heterocycles. The van der Waals surface area contributed by atoms with Crippen LogP contribution in [0.4, 0.5) is 18.9 Å². The lowest BCUT2D eigenvalue weighted by Crippen LogP contribution is -2.08. The number of nitrogens with one attached hydrogen (secondary N) is 1. The molecule has 88 valence electrons. The van der Waals surface area contributed by atoms with Gasteiger partial charge in [-0.05, 0) is 18.1 Å². The summed E-state index contributed by atoms with van der Waals surface area (Å²) in [7, 11) is 0. The quantitative estimate of drug-likeness (QED) is 0.807. The minimum Gasteiger partial charge on any atom is -0.384 e. The minimum atomic E-state index is -4.26. The van der Waals surface area contributed by atoms with Crippen LogP contribution in [-0.2, 0) is 6.18 Å². The molecule has 1 aromatic rings. The molecule has 4 heteroatoms. The van der Waals surface area contributed by atoms with Crippen LogP contribution >= 0.6 is 0 Å². The Morgan fingerprint density at radius 1 is 1.38 bits per heavy atom. The first kappa shape index (κ1) is 11.3. The molecule has 1 heterocycles. The number of benzene rings is 1. The van der Waals surface area contributed by atoms with E-state index in [4.69, 9.17) is 0 Å². The molecule has 1 atom stereocenters. The maximum Gasteiger partial charge on any atom is 0.418 e. The summed E-state index contributed by atoms with van der Waals surface area (Å²) in [5.74, 6) is 0.224. The molecule has 1 unspecified atom stereocenters. The van der Waals surface area contributed by atoms with Crippen molar-refractivity contribution in [1.29, 1.82) is 0 Å². The Morgan fingerprint density at radius 2 is 2.12 bits per heavy atom. The van der Waals surface area contributed by atoms with Gasteiger partial charge in [0.15, 0.2) is 0 Å². The molecule has 0 bridgehead atoms. The summed E-state index contributed by atoms with van der Waals surface area (Å²) in [6, 6.07) is 4.43. The highest BCUT2D eigenvalue weighted by Crippen LogP contribution is 2.43. The summed E-state index contributed by atoms with van der Waals surface area (Å²) in [5.41, 5.74) is 0.564. The van der Waals surface area contributed by atoms with Gasteiger partial charge in [0.05, 0.1) is 5.56 Å². The molecular weight excluding hydrogens is 215 g/mol. The summed E-state index contributed by atoms with van der Waals surface area (Å²) < 4.78 is 38.1. The van der Waals surface area contributed by atoms with Gasteiger partial charge in [0.1, 0.15) is 0 Å². The highest BCUT2D eigenvalue weighted by Gasteiger charge is 2.37. The lowest BCUT2D eigenvalue weighted by atomic mass is 9.95. The molecule has 0 radical (unpaired) electrons. The van der Waals surface area contributed by atoms with Crippen LogP contribution in [0, 0.1) is 0 Å². The summed E-state index contributed by atoms with van der Waals surface area (Å²) in [6.45, 7) is 2.67. The zero-order chi connectivity index (χ0) is 11.8. The van der Waals surface area contributed by atoms with Crippen molar-refractivity contribution < 1.29 is 13.2 Å². The van der Waals surface area contributed by atoms with Gasteiger partial charge in [0.25, 0.3) is 0 Å². The fraction of sp³-hybridized carbons (Fsp3) is 0.500. The molecule has 0 spiro atoms. The van der Waals surface area contributed by atoms with E-state index in [0.29, 0.717) is 6.54 Å². The van der Waals surface area contributed by atoms with Crippen molar-refractivity contribution in [1.82, 2.24) is 0 Å². The number of para-hydroxylation sites is 1. The number of alkyl halides is 3. The Bertz CT molecular complexity index is 384. The lowest BCUT2D eigenvalue weighted by Gasteiger charge is -2.12. The highest BCUT2D eigenvalue weighted by molar-refractivity contribution is 5.64. The zero-order valence-corrected chi connectivity index (χ0v) is 9.06. The van der Waals surface area contributed by atoms with Crippen LogP contribution in [0.1, 0.15) is 36.8 Å². The molecule has 16 heavy (non-hydrogen) atoms. The van der Waals surface area contributed by atoms with Gasteiger partial charge in [-0.2, -0.15) is 13.2 Å². The Hall–Kier alpha value is -1.19. The fourth-order valence-corrected chi connectivity index (χ4v) is 2.29. The van der Waals surface area contributed by atoms with E-state index in [-0.39, 0.29) is 11.6 Å². The average molecular weight is 229 g/mol. The van der Waals surface area contributed by atoms with Crippen molar-refractivity contribution in [3.8, 4) is 0 Å². The largest absolute Gasteiger partial charge is 0.418 e. The van der Waals surface area contributed by atoms with Crippen LogP contribution in [0.3, 0.4) is 0 Å². The summed E-state index contributed by atoms with van der Waals surface area (Å²) in [6.07, 6.45) is -2.34. The van der Waals surface area contributed by atoms with Crippen molar-refractivity contribution in [3.05, 3.63) is 29.3 Å². The van der Waals surface area contributed by atoms with E-state index in [2.05, 4.69) is 5.32 Å². The molecule has 0 saturated heterocycles. The fourth-order valence-electron chi connectivity index (χ4n) is 2.29. The van der Waals surface area contributed by atoms with Crippen molar-refractivity contribution in [3.63, 3.8) is 0 Å².